The summed E-state index contributed by atoms with van der Waals surface area (Å²) in [6.07, 6.45) is 16.6. The molecule has 0 nitrogen and oxygen atoms in total. The van der Waals surface area contributed by atoms with Crippen LogP contribution in [0.2, 0.25) is 0 Å². The monoisotopic (exact) mass is 231 g/mol. The average Bonchev–Trinajstić information content (AvgIpc) is 2.17. The predicted octanol–water partition coefficient (Wildman–Crippen LogP) is 3.79. The number of rotatable bonds is 2. The van der Waals surface area contributed by atoms with Crippen LogP contribution in [0.15, 0.2) is 24.3 Å². The van der Waals surface area contributed by atoms with Gasteiger partial charge in [0.05, 0.1) is 0 Å². The molecule has 0 bridgehead atoms. The van der Waals surface area contributed by atoms with E-state index >= 15 is 0 Å². The Bertz CT molecular complexity index is 303. The first-order valence-corrected chi connectivity index (χ1v) is 7.24. The Morgan fingerprint density at radius 2 is 1.81 bits per heavy atom. The lowest BCUT2D eigenvalue weighted by molar-refractivity contribution is 0.746. The molecule has 0 fully saturated rings. The van der Waals surface area contributed by atoms with E-state index in [2.05, 4.69) is 57.7 Å². The molecule has 0 aromatic heterocycles. The summed E-state index contributed by atoms with van der Waals surface area (Å²) in [6.45, 7) is 9.31. The SMILES string of the molecule is C#CCC1(P(C)C(C)(C)C)C=CCC=C1.[B]. The molecule has 0 heterocycles. The van der Waals surface area contributed by atoms with Gasteiger partial charge in [-0.15, -0.1) is 12.3 Å². The number of allylic oxidation sites excluding steroid dienone is 4. The molecule has 1 unspecified atom stereocenters. The average molecular weight is 231 g/mol. The third-order valence-electron chi connectivity index (χ3n) is 3.10. The summed E-state index contributed by atoms with van der Waals surface area (Å²) in [6, 6.07) is 0. The Morgan fingerprint density at radius 3 is 2.19 bits per heavy atom. The molecule has 0 spiro atoms. The van der Waals surface area contributed by atoms with Gasteiger partial charge in [-0.25, -0.2) is 0 Å². The Balaban J connectivity index is 0.00000225. The van der Waals surface area contributed by atoms with Crippen LogP contribution in [0.5, 0.6) is 0 Å². The molecule has 0 aliphatic heterocycles. The second-order valence-corrected chi connectivity index (χ2v) is 8.43. The van der Waals surface area contributed by atoms with Gasteiger partial charge in [-0.1, -0.05) is 53.0 Å². The molecule has 1 atom stereocenters. The lowest BCUT2D eigenvalue weighted by Gasteiger charge is -2.42. The molecular formula is C14H21BP. The predicted molar refractivity (Wildman–Crippen MR) is 77.4 cm³/mol. The lowest BCUT2D eigenvalue weighted by atomic mass is 9.99. The molecule has 0 aromatic rings. The highest BCUT2D eigenvalue weighted by Gasteiger charge is 2.37. The standard InChI is InChI=1S/C14H21P.B/c1-6-10-14(11-8-7-9-12-14)15(5)13(2,3)4;/h1,8-9,11-12H,7,10H2,2-5H3;. The molecule has 2 heteroatoms. The van der Waals surface area contributed by atoms with Crippen LogP contribution < -0.4 is 0 Å². The highest BCUT2D eigenvalue weighted by molar-refractivity contribution is 7.60. The molecule has 0 saturated heterocycles. The highest BCUT2D eigenvalue weighted by atomic mass is 31.1. The second-order valence-electron chi connectivity index (χ2n) is 5.14. The van der Waals surface area contributed by atoms with Crippen molar-refractivity contribution in [2.45, 2.75) is 43.9 Å². The van der Waals surface area contributed by atoms with E-state index in [-0.39, 0.29) is 21.5 Å². The van der Waals surface area contributed by atoms with Crippen molar-refractivity contribution in [3.8, 4) is 12.3 Å². The van der Waals surface area contributed by atoms with Crippen molar-refractivity contribution in [1.29, 1.82) is 0 Å². The van der Waals surface area contributed by atoms with Gasteiger partial charge in [-0.3, -0.25) is 0 Å². The third kappa shape index (κ3) is 3.26. The van der Waals surface area contributed by atoms with Crippen LogP contribution in [0.25, 0.3) is 0 Å². The van der Waals surface area contributed by atoms with Crippen molar-refractivity contribution in [3.05, 3.63) is 24.3 Å². The minimum Gasteiger partial charge on any atom is -0.120 e. The van der Waals surface area contributed by atoms with E-state index < -0.39 is 0 Å². The molecule has 16 heavy (non-hydrogen) atoms. The van der Waals surface area contributed by atoms with Gasteiger partial charge in [0, 0.05) is 20.0 Å². The van der Waals surface area contributed by atoms with Gasteiger partial charge in [0.2, 0.25) is 0 Å². The number of hydrogen-bond acceptors (Lipinski definition) is 0. The second kappa shape index (κ2) is 5.74. The van der Waals surface area contributed by atoms with E-state index in [0.717, 1.165) is 12.8 Å². The van der Waals surface area contributed by atoms with E-state index in [0.29, 0.717) is 5.16 Å². The lowest BCUT2D eigenvalue weighted by Crippen LogP contribution is -2.30. The van der Waals surface area contributed by atoms with Gasteiger partial charge < -0.3 is 0 Å². The quantitative estimate of drug-likeness (QED) is 0.293. The van der Waals surface area contributed by atoms with Crippen LogP contribution >= 0.6 is 7.92 Å². The minimum absolute atomic E-state index is 0. The van der Waals surface area contributed by atoms with Gasteiger partial charge in [-0.05, 0) is 18.2 Å². The first-order chi connectivity index (χ1) is 6.92. The number of hydrogen-bond donors (Lipinski definition) is 0. The summed E-state index contributed by atoms with van der Waals surface area (Å²) in [5.74, 6) is 2.84. The van der Waals surface area contributed by atoms with Crippen LogP contribution in [0, 0.1) is 12.3 Å². The summed E-state index contributed by atoms with van der Waals surface area (Å²) >= 11 is 0. The number of terminal acetylenes is 1. The molecule has 1 aliphatic rings. The van der Waals surface area contributed by atoms with E-state index in [1.807, 2.05) is 0 Å². The van der Waals surface area contributed by atoms with Crippen molar-refractivity contribution in [3.63, 3.8) is 0 Å². The van der Waals surface area contributed by atoms with E-state index in [9.17, 15) is 0 Å². The fraction of sp³-hybridized carbons (Fsp3) is 0.571. The Kier molecular flexibility index (Phi) is 5.57. The maximum atomic E-state index is 5.52. The van der Waals surface area contributed by atoms with Crippen molar-refractivity contribution in [2.75, 3.05) is 6.66 Å². The molecule has 1 rings (SSSR count). The van der Waals surface area contributed by atoms with E-state index in [1.54, 1.807) is 0 Å². The van der Waals surface area contributed by atoms with Crippen LogP contribution in [-0.2, 0) is 0 Å². The maximum absolute atomic E-state index is 5.52. The zero-order valence-corrected chi connectivity index (χ0v) is 11.7. The highest BCUT2D eigenvalue weighted by Crippen LogP contribution is 2.60. The fourth-order valence-electron chi connectivity index (χ4n) is 1.93. The van der Waals surface area contributed by atoms with Gasteiger partial charge in [-0.2, -0.15) is 0 Å². The van der Waals surface area contributed by atoms with Crippen LogP contribution in [0.4, 0.5) is 0 Å². The van der Waals surface area contributed by atoms with E-state index in [1.165, 1.54) is 0 Å². The van der Waals surface area contributed by atoms with Gasteiger partial charge in [0.1, 0.15) is 0 Å². The Hall–Kier alpha value is -0.465. The normalized spacial score (nSPS) is 19.7. The van der Waals surface area contributed by atoms with Gasteiger partial charge in [0.25, 0.3) is 0 Å². The smallest absolute Gasteiger partial charge is 0.0373 e. The fourth-order valence-corrected chi connectivity index (χ4v) is 4.16. The molecule has 85 valence electrons. The molecule has 1 aliphatic carbocycles. The Labute approximate surface area is 104 Å². The summed E-state index contributed by atoms with van der Waals surface area (Å²) in [5, 5.41) is 0.485. The van der Waals surface area contributed by atoms with Gasteiger partial charge >= 0.3 is 0 Å². The zero-order valence-electron chi connectivity index (χ0n) is 10.8. The van der Waals surface area contributed by atoms with Crippen LogP contribution in [-0.4, -0.2) is 25.4 Å². The Morgan fingerprint density at radius 1 is 1.31 bits per heavy atom. The topological polar surface area (TPSA) is 0 Å². The maximum Gasteiger partial charge on any atom is 0.0373 e. The zero-order chi connectivity index (χ0) is 11.5. The van der Waals surface area contributed by atoms with Crippen LogP contribution in [0.3, 0.4) is 0 Å². The molecule has 0 aromatic carbocycles. The first-order valence-electron chi connectivity index (χ1n) is 5.45. The molecule has 0 saturated carbocycles. The van der Waals surface area contributed by atoms with Crippen molar-refractivity contribution in [1.82, 2.24) is 0 Å². The largest absolute Gasteiger partial charge is 0.120 e. The van der Waals surface area contributed by atoms with Crippen LogP contribution in [0.1, 0.15) is 33.6 Å². The molecule has 3 radical (unpaired) electrons. The van der Waals surface area contributed by atoms with Gasteiger partial charge in [0.15, 0.2) is 0 Å². The summed E-state index contributed by atoms with van der Waals surface area (Å²) in [7, 11) is -0.146. The molecule has 0 N–H and O–H groups in total. The van der Waals surface area contributed by atoms with Crippen molar-refractivity contribution in [2.24, 2.45) is 0 Å². The third-order valence-corrected chi connectivity index (χ3v) is 6.82. The van der Waals surface area contributed by atoms with Crippen molar-refractivity contribution >= 4 is 16.3 Å². The molecular weight excluding hydrogens is 210 g/mol. The van der Waals surface area contributed by atoms with E-state index in [4.69, 9.17) is 6.42 Å². The summed E-state index contributed by atoms with van der Waals surface area (Å²) in [4.78, 5) is 0. The van der Waals surface area contributed by atoms with Crippen molar-refractivity contribution < 1.29 is 0 Å². The minimum atomic E-state index is -0.146. The molecule has 0 amide bonds. The summed E-state index contributed by atoms with van der Waals surface area (Å²) < 4.78 is 0. The first kappa shape index (κ1) is 15.5. The summed E-state index contributed by atoms with van der Waals surface area (Å²) in [5.41, 5.74) is 0.